The fourth-order valence-corrected chi connectivity index (χ4v) is 8.73. The summed E-state index contributed by atoms with van der Waals surface area (Å²) < 4.78 is 9.31. The predicted molar refractivity (Wildman–Crippen MR) is 265 cm³/mol. The maximum atomic E-state index is 7.03. The molecule has 0 fully saturated rings. The molecule has 3 heterocycles. The van der Waals surface area contributed by atoms with E-state index in [9.17, 15) is 0 Å². The third-order valence-corrected chi connectivity index (χ3v) is 12.4. The number of hydrogen-bond donors (Lipinski definition) is 0. The van der Waals surface area contributed by atoms with Gasteiger partial charge in [0.2, 0.25) is 0 Å². The minimum absolute atomic E-state index is 0.00968. The Morgan fingerprint density at radius 1 is 0.548 bits per heavy atom. The molecular formula is C57H66N4O. The molecule has 1 aliphatic rings. The molecule has 0 unspecified atom stereocenters. The lowest BCUT2D eigenvalue weighted by Crippen LogP contribution is -2.31. The summed E-state index contributed by atoms with van der Waals surface area (Å²) in [7, 11) is 0. The predicted octanol–water partition coefficient (Wildman–Crippen LogP) is 15.8. The lowest BCUT2D eigenvalue weighted by Gasteiger charge is -2.34. The van der Waals surface area contributed by atoms with Crippen molar-refractivity contribution in [2.75, 3.05) is 16.5 Å². The molecule has 0 N–H and O–H groups in total. The molecule has 320 valence electrons. The fourth-order valence-electron chi connectivity index (χ4n) is 8.73. The number of rotatable bonds is 7. The maximum absolute atomic E-state index is 7.03. The minimum atomic E-state index is -0.106. The lowest BCUT2D eigenvalue weighted by atomic mass is 9.80. The molecule has 8 rings (SSSR count). The molecule has 5 nitrogen and oxygen atoms in total. The number of pyridine rings is 1. The van der Waals surface area contributed by atoms with Gasteiger partial charge in [-0.05, 0) is 110 Å². The highest BCUT2D eigenvalue weighted by Crippen LogP contribution is 2.44. The van der Waals surface area contributed by atoms with E-state index in [4.69, 9.17) is 9.72 Å². The molecule has 2 aromatic heterocycles. The topological polar surface area (TPSA) is 33.5 Å². The van der Waals surface area contributed by atoms with Gasteiger partial charge in [0.1, 0.15) is 17.3 Å². The monoisotopic (exact) mass is 823 g/mol. The molecule has 1 aliphatic heterocycles. The van der Waals surface area contributed by atoms with Gasteiger partial charge in [0, 0.05) is 57.8 Å². The number of ether oxygens (including phenoxy) is 1. The Kier molecular flexibility index (Phi) is 10.7. The number of allylic oxidation sites excluding steroid dienone is 1. The lowest BCUT2D eigenvalue weighted by molar-refractivity contribution is 0.483. The van der Waals surface area contributed by atoms with E-state index >= 15 is 0 Å². The van der Waals surface area contributed by atoms with Crippen LogP contribution >= 0.6 is 0 Å². The van der Waals surface area contributed by atoms with Gasteiger partial charge in [0.05, 0.1) is 17.7 Å². The molecule has 5 heteroatoms. The van der Waals surface area contributed by atoms with Crippen LogP contribution in [0.3, 0.4) is 0 Å². The largest absolute Gasteiger partial charge is 0.457 e. The van der Waals surface area contributed by atoms with E-state index in [2.05, 4.69) is 233 Å². The minimum Gasteiger partial charge on any atom is -0.457 e. The van der Waals surface area contributed by atoms with Gasteiger partial charge in [-0.3, -0.25) is 4.57 Å². The molecule has 0 atom stereocenters. The molecule has 0 bridgehead atoms. The first-order valence-electron chi connectivity index (χ1n) is 22.4. The second-order valence-electron chi connectivity index (χ2n) is 21.8. The number of anilines is 2. The number of hydrogen-bond acceptors (Lipinski definition) is 4. The molecule has 5 aromatic carbocycles. The van der Waals surface area contributed by atoms with Crippen molar-refractivity contribution >= 4 is 33.2 Å². The Balaban J connectivity index is 1.26. The molecule has 62 heavy (non-hydrogen) atoms. The van der Waals surface area contributed by atoms with E-state index < -0.39 is 0 Å². The van der Waals surface area contributed by atoms with Gasteiger partial charge in [0.25, 0.3) is 0 Å². The molecule has 0 aliphatic carbocycles. The highest BCUT2D eigenvalue weighted by Gasteiger charge is 2.33. The first kappa shape index (κ1) is 42.9. The van der Waals surface area contributed by atoms with Crippen molar-refractivity contribution in [2.45, 2.75) is 119 Å². The number of para-hydroxylation sites is 1. The molecule has 0 amide bonds. The van der Waals surface area contributed by atoms with E-state index in [1.54, 1.807) is 0 Å². The van der Waals surface area contributed by atoms with Crippen molar-refractivity contribution in [3.8, 4) is 28.4 Å². The van der Waals surface area contributed by atoms with Crippen LogP contribution in [-0.2, 0) is 16.2 Å². The van der Waals surface area contributed by atoms with E-state index in [1.807, 2.05) is 6.20 Å². The van der Waals surface area contributed by atoms with Crippen LogP contribution < -0.4 is 14.5 Å². The summed E-state index contributed by atoms with van der Waals surface area (Å²) in [5.74, 6) is 2.82. The smallest absolute Gasteiger partial charge is 0.137 e. The Morgan fingerprint density at radius 3 is 1.85 bits per heavy atom. The Hall–Kier alpha value is -5.81. The zero-order valence-corrected chi connectivity index (χ0v) is 39.6. The molecule has 0 radical (unpaired) electrons. The second-order valence-corrected chi connectivity index (χ2v) is 21.8. The van der Waals surface area contributed by atoms with Crippen molar-refractivity contribution in [1.29, 1.82) is 0 Å². The Bertz CT molecular complexity index is 2800. The first-order chi connectivity index (χ1) is 29.1. The highest BCUT2D eigenvalue weighted by atomic mass is 16.5. The molecule has 7 aromatic rings. The van der Waals surface area contributed by atoms with Crippen molar-refractivity contribution in [2.24, 2.45) is 5.41 Å². The van der Waals surface area contributed by atoms with E-state index in [0.717, 1.165) is 39.6 Å². The van der Waals surface area contributed by atoms with Crippen LogP contribution in [0.15, 0.2) is 133 Å². The summed E-state index contributed by atoms with van der Waals surface area (Å²) in [6.45, 7) is 32.8. The standard InChI is InChI=1S/C57H66N4O/c1-37(2)46-19-15-16-20-47(46)38-27-42(59-35-52(57(12,13)14)60(36-59)43-30-40(55(6,7)8)29-41(31-43)56(9,10)11)33-45(28-38)62-44-23-24-49-48-21-17-18-22-50(48)61(51(49)34-44)53-32-39(25-26-58-53)54(3,4)5/h15-35,37H,36H2,1-14H3. The molecule has 0 spiro atoms. The second kappa shape index (κ2) is 15.5. The van der Waals surface area contributed by atoms with Gasteiger partial charge >= 0.3 is 0 Å². The van der Waals surface area contributed by atoms with Gasteiger partial charge in [-0.15, -0.1) is 0 Å². The average molecular weight is 823 g/mol. The van der Waals surface area contributed by atoms with Crippen LogP contribution in [0.2, 0.25) is 0 Å². The van der Waals surface area contributed by atoms with Gasteiger partial charge in [0.15, 0.2) is 0 Å². The summed E-state index contributed by atoms with van der Waals surface area (Å²) in [6.07, 6.45) is 4.30. The summed E-state index contributed by atoms with van der Waals surface area (Å²) >= 11 is 0. The van der Waals surface area contributed by atoms with E-state index in [-0.39, 0.29) is 21.7 Å². The van der Waals surface area contributed by atoms with Crippen LogP contribution in [0, 0.1) is 5.41 Å². The molecule has 0 saturated carbocycles. The van der Waals surface area contributed by atoms with Crippen LogP contribution in [0.1, 0.15) is 125 Å². The van der Waals surface area contributed by atoms with Crippen LogP contribution in [0.4, 0.5) is 11.4 Å². The summed E-state index contributed by atoms with van der Waals surface area (Å²) in [5, 5.41) is 2.35. The van der Waals surface area contributed by atoms with Gasteiger partial charge < -0.3 is 14.5 Å². The molecule has 0 saturated heterocycles. The average Bonchev–Trinajstić information content (AvgIpc) is 3.81. The summed E-state index contributed by atoms with van der Waals surface area (Å²) in [5.41, 5.74) is 13.3. The zero-order valence-electron chi connectivity index (χ0n) is 39.6. The highest BCUT2D eigenvalue weighted by molar-refractivity contribution is 6.09. The summed E-state index contributed by atoms with van der Waals surface area (Å²) in [4.78, 5) is 9.85. The fraction of sp³-hybridized carbons (Fsp3) is 0.351. The number of aromatic nitrogens is 2. The zero-order chi connectivity index (χ0) is 44.5. The van der Waals surface area contributed by atoms with E-state index in [1.165, 1.54) is 50.0 Å². The van der Waals surface area contributed by atoms with Crippen LogP contribution in [0.25, 0.3) is 38.8 Å². The van der Waals surface area contributed by atoms with Crippen molar-refractivity contribution in [3.63, 3.8) is 0 Å². The Labute approximate surface area is 371 Å². The SMILES string of the molecule is CC(C)c1ccccc1-c1cc(Oc2ccc3c4ccccc4n(-c4cc(C(C)(C)C)ccn4)c3c2)cc(N2C=C(C(C)(C)C)N(c3cc(C(C)(C)C)cc(C(C)(C)C)c3)C2)c1. The van der Waals surface area contributed by atoms with Crippen LogP contribution in [-0.4, -0.2) is 16.2 Å². The number of nitrogens with zero attached hydrogens (tertiary/aromatic N) is 4. The van der Waals surface area contributed by atoms with Crippen LogP contribution in [0.5, 0.6) is 11.5 Å². The quantitative estimate of drug-likeness (QED) is 0.160. The van der Waals surface area contributed by atoms with Crippen molar-refractivity contribution < 1.29 is 4.74 Å². The normalized spacial score (nSPS) is 14.1. The third kappa shape index (κ3) is 8.39. The number of fused-ring (bicyclic) bond motifs is 3. The van der Waals surface area contributed by atoms with Crippen molar-refractivity contribution in [3.05, 3.63) is 156 Å². The van der Waals surface area contributed by atoms with Gasteiger partial charge in [-0.1, -0.05) is 145 Å². The van der Waals surface area contributed by atoms with Crippen molar-refractivity contribution in [1.82, 2.24) is 9.55 Å². The van der Waals surface area contributed by atoms with E-state index in [0.29, 0.717) is 12.6 Å². The maximum Gasteiger partial charge on any atom is 0.137 e. The Morgan fingerprint density at radius 2 is 1.19 bits per heavy atom. The third-order valence-electron chi connectivity index (χ3n) is 12.4. The van der Waals surface area contributed by atoms with Gasteiger partial charge in [-0.2, -0.15) is 0 Å². The van der Waals surface area contributed by atoms with Gasteiger partial charge in [-0.25, -0.2) is 4.98 Å². The first-order valence-corrected chi connectivity index (χ1v) is 22.4. The summed E-state index contributed by atoms with van der Waals surface area (Å²) in [6, 6.07) is 42.2. The number of benzene rings is 5. The molecular weight excluding hydrogens is 757 g/mol.